The number of hydrogen-bond acceptors (Lipinski definition) is 5. The van der Waals surface area contributed by atoms with Crippen molar-refractivity contribution >= 4 is 17.2 Å². The molecule has 0 aliphatic carbocycles. The molecule has 174 valence electrons. The van der Waals surface area contributed by atoms with E-state index in [0.29, 0.717) is 36.7 Å². The summed E-state index contributed by atoms with van der Waals surface area (Å²) >= 11 is 1.60. The largest absolute Gasteiger partial charge is 0.496 e. The molecule has 1 N–H and O–H groups in total. The summed E-state index contributed by atoms with van der Waals surface area (Å²) in [5, 5.41) is 7.00. The minimum Gasteiger partial charge on any atom is -0.496 e. The topological polar surface area (TPSA) is 63.6 Å². The van der Waals surface area contributed by atoms with Gasteiger partial charge in [0.05, 0.1) is 7.11 Å². The predicted molar refractivity (Wildman–Crippen MR) is 131 cm³/mol. The third-order valence-electron chi connectivity index (χ3n) is 5.95. The van der Waals surface area contributed by atoms with Crippen LogP contribution in [0.25, 0.3) is 0 Å². The van der Waals surface area contributed by atoms with Crippen molar-refractivity contribution in [3.05, 3.63) is 61.7 Å². The van der Waals surface area contributed by atoms with Crippen molar-refractivity contribution in [3.63, 3.8) is 0 Å². The fourth-order valence-corrected chi connectivity index (χ4v) is 4.90. The molecule has 6 nitrogen and oxygen atoms in total. The maximum atomic E-state index is 13.1. The minimum atomic E-state index is -0.194. The molecule has 2 aromatic rings. The molecule has 0 unspecified atom stereocenters. The Morgan fingerprint density at radius 2 is 2.12 bits per heavy atom. The van der Waals surface area contributed by atoms with Crippen LogP contribution in [0.1, 0.15) is 55.2 Å². The van der Waals surface area contributed by atoms with E-state index in [1.807, 2.05) is 16.8 Å². The first-order chi connectivity index (χ1) is 15.4. The van der Waals surface area contributed by atoms with Crippen molar-refractivity contribution in [2.24, 2.45) is 5.92 Å². The van der Waals surface area contributed by atoms with Gasteiger partial charge in [0.15, 0.2) is 0 Å². The Morgan fingerprint density at radius 1 is 1.31 bits per heavy atom. The molecule has 1 aliphatic rings. The van der Waals surface area contributed by atoms with E-state index in [2.05, 4.69) is 37.1 Å². The maximum Gasteiger partial charge on any atom is 0.257 e. The summed E-state index contributed by atoms with van der Waals surface area (Å²) < 4.78 is 7.21. The Labute approximate surface area is 194 Å². The maximum absolute atomic E-state index is 13.1. The van der Waals surface area contributed by atoms with E-state index in [0.717, 1.165) is 43.7 Å². The molecule has 0 saturated carbocycles. The predicted octanol–water partition coefficient (Wildman–Crippen LogP) is 4.09. The molecule has 7 heteroatoms. The molecule has 1 aliphatic heterocycles. The third kappa shape index (κ3) is 6.33. The monoisotopic (exact) mass is 457 g/mol. The molecule has 0 bridgehead atoms. The molecule has 2 aromatic heterocycles. The standard InChI is InChI=1S/C25H35N3O3S/c1-18(2)6-5-7-19(3)16-27-10-8-21-24(25(30)26-15-20-9-13-32-17-20)22(31-4)14-23(29)28(21)12-11-27/h6,9,13-14,17,19H,5,7-8,10-12,15-16H2,1-4H3,(H,26,30)/t19-/m1/s1. The highest BCUT2D eigenvalue weighted by Crippen LogP contribution is 2.23. The lowest BCUT2D eigenvalue weighted by molar-refractivity contribution is 0.0945. The molecule has 1 amide bonds. The number of ether oxygens (including phenoxy) is 1. The van der Waals surface area contributed by atoms with Gasteiger partial charge >= 0.3 is 0 Å². The summed E-state index contributed by atoms with van der Waals surface area (Å²) in [6.07, 6.45) is 5.19. The van der Waals surface area contributed by atoms with Gasteiger partial charge in [-0.1, -0.05) is 18.6 Å². The van der Waals surface area contributed by atoms with E-state index in [4.69, 9.17) is 4.74 Å². The number of carbonyl (C=O) groups excluding carboxylic acids is 1. The van der Waals surface area contributed by atoms with Crippen LogP contribution in [0, 0.1) is 5.92 Å². The number of methoxy groups -OCH3 is 1. The van der Waals surface area contributed by atoms with Gasteiger partial charge in [-0.25, -0.2) is 0 Å². The number of nitrogens with zero attached hydrogens (tertiary/aromatic N) is 2. The second-order valence-corrected chi connectivity index (χ2v) is 9.63. The Hall–Kier alpha value is -2.38. The molecule has 0 spiro atoms. The van der Waals surface area contributed by atoms with E-state index in [9.17, 15) is 9.59 Å². The Morgan fingerprint density at radius 3 is 2.81 bits per heavy atom. The number of hydrogen-bond donors (Lipinski definition) is 1. The van der Waals surface area contributed by atoms with Crippen molar-refractivity contribution in [1.29, 1.82) is 0 Å². The number of allylic oxidation sites excluding steroid dienone is 2. The average molecular weight is 458 g/mol. The van der Waals surface area contributed by atoms with Crippen LogP contribution in [0.5, 0.6) is 5.75 Å². The summed E-state index contributed by atoms with van der Waals surface area (Å²) in [6, 6.07) is 3.44. The van der Waals surface area contributed by atoms with Crippen LogP contribution in [0.3, 0.4) is 0 Å². The van der Waals surface area contributed by atoms with Crippen LogP contribution in [0.4, 0.5) is 0 Å². The number of aromatic nitrogens is 1. The molecule has 32 heavy (non-hydrogen) atoms. The lowest BCUT2D eigenvalue weighted by atomic mass is 10.0. The zero-order valence-corrected chi connectivity index (χ0v) is 20.5. The highest BCUT2D eigenvalue weighted by molar-refractivity contribution is 7.07. The van der Waals surface area contributed by atoms with Crippen LogP contribution in [-0.2, 0) is 19.5 Å². The van der Waals surface area contributed by atoms with Crippen molar-refractivity contribution in [3.8, 4) is 5.75 Å². The fraction of sp³-hybridized carbons (Fsp3) is 0.520. The summed E-state index contributed by atoms with van der Waals surface area (Å²) in [5.74, 6) is 0.736. The lowest BCUT2D eigenvalue weighted by Gasteiger charge is -2.23. The van der Waals surface area contributed by atoms with Gasteiger partial charge in [0, 0.05) is 50.9 Å². The quantitative estimate of drug-likeness (QED) is 0.576. The van der Waals surface area contributed by atoms with Crippen molar-refractivity contribution in [1.82, 2.24) is 14.8 Å². The molecule has 1 atom stereocenters. The van der Waals surface area contributed by atoms with E-state index < -0.39 is 0 Å². The molecular formula is C25H35N3O3S. The minimum absolute atomic E-state index is 0.107. The van der Waals surface area contributed by atoms with Gasteiger partial charge in [0.1, 0.15) is 11.3 Å². The molecule has 3 heterocycles. The Balaban J connectivity index is 1.74. The zero-order valence-electron chi connectivity index (χ0n) is 19.6. The van der Waals surface area contributed by atoms with Gasteiger partial charge in [-0.2, -0.15) is 11.3 Å². The highest BCUT2D eigenvalue weighted by Gasteiger charge is 2.25. The first kappa shape index (κ1) is 24.3. The van der Waals surface area contributed by atoms with Gasteiger partial charge in [-0.15, -0.1) is 0 Å². The Kier molecular flexibility index (Phi) is 8.70. The summed E-state index contributed by atoms with van der Waals surface area (Å²) in [7, 11) is 1.51. The van der Waals surface area contributed by atoms with E-state index >= 15 is 0 Å². The number of fused-ring (bicyclic) bond motifs is 1. The van der Waals surface area contributed by atoms with Crippen LogP contribution >= 0.6 is 11.3 Å². The molecule has 0 fully saturated rings. The number of carbonyl (C=O) groups is 1. The summed E-state index contributed by atoms with van der Waals surface area (Å²) in [5.41, 5.74) is 3.58. The first-order valence-corrected chi connectivity index (χ1v) is 12.3. The molecule has 3 rings (SSSR count). The van der Waals surface area contributed by atoms with E-state index in [1.165, 1.54) is 18.7 Å². The average Bonchev–Trinajstić information content (AvgIpc) is 3.19. The lowest BCUT2D eigenvalue weighted by Crippen LogP contribution is -2.32. The summed E-state index contributed by atoms with van der Waals surface area (Å²) in [4.78, 5) is 28.3. The first-order valence-electron chi connectivity index (χ1n) is 11.3. The van der Waals surface area contributed by atoms with E-state index in [-0.39, 0.29) is 11.5 Å². The second kappa shape index (κ2) is 11.5. The van der Waals surface area contributed by atoms with Crippen molar-refractivity contribution < 1.29 is 9.53 Å². The normalized spacial score (nSPS) is 14.9. The molecular weight excluding hydrogens is 422 g/mol. The smallest absolute Gasteiger partial charge is 0.257 e. The van der Waals surface area contributed by atoms with Gasteiger partial charge in [0.2, 0.25) is 0 Å². The molecule has 0 saturated heterocycles. The van der Waals surface area contributed by atoms with Crippen molar-refractivity contribution in [2.75, 3.05) is 26.7 Å². The van der Waals surface area contributed by atoms with Crippen LogP contribution in [-0.4, -0.2) is 42.1 Å². The van der Waals surface area contributed by atoms with Crippen LogP contribution in [0.2, 0.25) is 0 Å². The van der Waals surface area contributed by atoms with Gasteiger partial charge in [-0.3, -0.25) is 9.59 Å². The Bertz CT molecular complexity index is 991. The SMILES string of the molecule is COc1cc(=O)n2c(c1C(=O)NCc1ccsc1)CCN(C[C@H](C)CCC=C(C)C)CC2. The van der Waals surface area contributed by atoms with Gasteiger partial charge in [-0.05, 0) is 55.0 Å². The number of rotatable bonds is 9. The fourth-order valence-electron chi connectivity index (χ4n) is 4.23. The van der Waals surface area contributed by atoms with Crippen molar-refractivity contribution in [2.45, 2.75) is 53.1 Å². The molecule has 0 aromatic carbocycles. The van der Waals surface area contributed by atoms with E-state index in [1.54, 1.807) is 15.9 Å². The third-order valence-corrected chi connectivity index (χ3v) is 6.68. The second-order valence-electron chi connectivity index (χ2n) is 8.85. The number of nitrogens with one attached hydrogen (secondary N) is 1. The molecule has 0 radical (unpaired) electrons. The number of thiophene rings is 1. The summed E-state index contributed by atoms with van der Waals surface area (Å²) in [6.45, 7) is 10.2. The van der Waals surface area contributed by atoms with Crippen LogP contribution < -0.4 is 15.6 Å². The van der Waals surface area contributed by atoms with Crippen LogP contribution in [0.15, 0.2) is 39.3 Å². The number of pyridine rings is 1. The van der Waals surface area contributed by atoms with Gasteiger partial charge < -0.3 is 19.5 Å². The van der Waals surface area contributed by atoms with Gasteiger partial charge in [0.25, 0.3) is 11.5 Å². The zero-order chi connectivity index (χ0) is 23.1. The number of amides is 1. The highest BCUT2D eigenvalue weighted by atomic mass is 32.1.